The Bertz CT molecular complexity index is 681. The maximum atomic E-state index is 12.7. The van der Waals surface area contributed by atoms with E-state index in [-0.39, 0.29) is 18.7 Å². The Morgan fingerprint density at radius 2 is 1.83 bits per heavy atom. The lowest BCUT2D eigenvalue weighted by Gasteiger charge is -2.20. The van der Waals surface area contributed by atoms with Crippen molar-refractivity contribution in [3.05, 3.63) is 33.9 Å². The molecule has 0 fully saturated rings. The predicted octanol–water partition coefficient (Wildman–Crippen LogP) is 2.19. The van der Waals surface area contributed by atoms with Crippen molar-refractivity contribution in [1.29, 1.82) is 0 Å². The van der Waals surface area contributed by atoms with E-state index in [1.54, 1.807) is 0 Å². The molecule has 0 N–H and O–H groups in total. The Morgan fingerprint density at radius 3 is 2.26 bits per heavy atom. The quantitative estimate of drug-likeness (QED) is 0.406. The Hall–Kier alpha value is -2.00. The molecule has 9 heteroatoms. The zero-order valence-corrected chi connectivity index (χ0v) is 14.1. The molecule has 0 amide bonds. The number of methoxy groups -OCH3 is 1. The molecule has 0 spiro atoms. The van der Waals surface area contributed by atoms with Gasteiger partial charge in [0.2, 0.25) is 10.0 Å². The number of carbonyl (C=O) groups excluding carboxylic acids is 1. The van der Waals surface area contributed by atoms with E-state index in [1.165, 1.54) is 10.4 Å². The molecule has 0 heterocycles. The lowest BCUT2D eigenvalue weighted by atomic mass is 10.2. The SMILES string of the molecule is CCCN(CCC)S(=O)(=O)c1ccc(C(=O)OC)cc1[N+](=O)[O-]. The molecule has 1 aromatic carbocycles. The van der Waals surface area contributed by atoms with Crippen molar-refractivity contribution >= 4 is 21.7 Å². The third-order valence-corrected chi connectivity index (χ3v) is 5.09. The Labute approximate surface area is 135 Å². The summed E-state index contributed by atoms with van der Waals surface area (Å²) in [4.78, 5) is 21.5. The van der Waals surface area contributed by atoms with Crippen LogP contribution in [0.4, 0.5) is 5.69 Å². The Morgan fingerprint density at radius 1 is 1.26 bits per heavy atom. The Balaban J connectivity index is 3.45. The van der Waals surface area contributed by atoms with Crippen LogP contribution in [-0.4, -0.2) is 43.8 Å². The number of ether oxygens (including phenoxy) is 1. The smallest absolute Gasteiger partial charge is 0.338 e. The molecule has 8 nitrogen and oxygen atoms in total. The van der Waals surface area contributed by atoms with E-state index in [2.05, 4.69) is 4.74 Å². The number of benzene rings is 1. The zero-order chi connectivity index (χ0) is 17.6. The van der Waals surface area contributed by atoms with E-state index in [0.29, 0.717) is 12.8 Å². The second-order valence-electron chi connectivity index (χ2n) is 4.84. The average Bonchev–Trinajstić information content (AvgIpc) is 2.53. The minimum absolute atomic E-state index is 0.0734. The summed E-state index contributed by atoms with van der Waals surface area (Å²) < 4.78 is 31.1. The molecule has 0 aromatic heterocycles. The summed E-state index contributed by atoms with van der Waals surface area (Å²) in [6.45, 7) is 4.19. The van der Waals surface area contributed by atoms with Crippen LogP contribution < -0.4 is 0 Å². The molecular formula is C14H20N2O6S. The van der Waals surface area contributed by atoms with Gasteiger partial charge in [-0.2, -0.15) is 4.31 Å². The minimum atomic E-state index is -4.01. The lowest BCUT2D eigenvalue weighted by molar-refractivity contribution is -0.387. The van der Waals surface area contributed by atoms with Gasteiger partial charge >= 0.3 is 5.97 Å². The van der Waals surface area contributed by atoms with Crippen LogP contribution in [-0.2, 0) is 14.8 Å². The summed E-state index contributed by atoms with van der Waals surface area (Å²) in [5.41, 5.74) is -0.708. The van der Waals surface area contributed by atoms with Crippen LogP contribution in [0.3, 0.4) is 0 Å². The fourth-order valence-corrected chi connectivity index (χ4v) is 3.87. The molecule has 1 aromatic rings. The number of nitro groups is 1. The van der Waals surface area contributed by atoms with Crippen molar-refractivity contribution in [2.75, 3.05) is 20.2 Å². The highest BCUT2D eigenvalue weighted by Gasteiger charge is 2.31. The molecule has 0 saturated heterocycles. The van der Waals surface area contributed by atoms with Gasteiger partial charge in [-0.3, -0.25) is 10.1 Å². The number of nitrogens with zero attached hydrogens (tertiary/aromatic N) is 2. The summed E-state index contributed by atoms with van der Waals surface area (Å²) in [7, 11) is -2.87. The number of sulfonamides is 1. The maximum absolute atomic E-state index is 12.7. The summed E-state index contributed by atoms with van der Waals surface area (Å²) in [6.07, 6.45) is 1.18. The molecule has 0 atom stereocenters. The molecule has 128 valence electrons. The van der Waals surface area contributed by atoms with Crippen molar-refractivity contribution < 1.29 is 22.9 Å². The van der Waals surface area contributed by atoms with Crippen LogP contribution in [0.5, 0.6) is 0 Å². The molecular weight excluding hydrogens is 324 g/mol. The van der Waals surface area contributed by atoms with E-state index in [1.807, 2.05) is 13.8 Å². The van der Waals surface area contributed by atoms with Gasteiger partial charge in [-0.05, 0) is 25.0 Å². The Kier molecular flexibility index (Phi) is 6.64. The summed E-state index contributed by atoms with van der Waals surface area (Å²) in [5, 5.41) is 11.2. The summed E-state index contributed by atoms with van der Waals surface area (Å²) in [5.74, 6) is -0.768. The topological polar surface area (TPSA) is 107 Å². The van der Waals surface area contributed by atoms with Crippen molar-refractivity contribution in [2.45, 2.75) is 31.6 Å². The maximum Gasteiger partial charge on any atom is 0.338 e. The van der Waals surface area contributed by atoms with Crippen LogP contribution in [0, 0.1) is 10.1 Å². The first-order chi connectivity index (χ1) is 10.8. The fraction of sp³-hybridized carbons (Fsp3) is 0.500. The number of carbonyl (C=O) groups is 1. The average molecular weight is 344 g/mol. The van der Waals surface area contributed by atoms with Gasteiger partial charge in [0, 0.05) is 19.2 Å². The highest BCUT2D eigenvalue weighted by molar-refractivity contribution is 7.89. The summed E-state index contributed by atoms with van der Waals surface area (Å²) in [6, 6.07) is 3.22. The lowest BCUT2D eigenvalue weighted by Crippen LogP contribution is -2.33. The van der Waals surface area contributed by atoms with Crippen LogP contribution in [0.1, 0.15) is 37.0 Å². The molecule has 23 heavy (non-hydrogen) atoms. The minimum Gasteiger partial charge on any atom is -0.465 e. The molecule has 0 aliphatic rings. The predicted molar refractivity (Wildman–Crippen MR) is 83.8 cm³/mol. The highest BCUT2D eigenvalue weighted by atomic mass is 32.2. The largest absolute Gasteiger partial charge is 0.465 e. The van der Waals surface area contributed by atoms with Gasteiger partial charge in [-0.1, -0.05) is 13.8 Å². The van der Waals surface area contributed by atoms with Crippen molar-refractivity contribution in [2.24, 2.45) is 0 Å². The van der Waals surface area contributed by atoms with E-state index >= 15 is 0 Å². The van der Waals surface area contributed by atoms with Crippen LogP contribution in [0.25, 0.3) is 0 Å². The van der Waals surface area contributed by atoms with Gasteiger partial charge in [0.15, 0.2) is 4.90 Å². The number of hydrogen-bond acceptors (Lipinski definition) is 6. The van der Waals surface area contributed by atoms with Crippen LogP contribution >= 0.6 is 0 Å². The number of esters is 1. The van der Waals surface area contributed by atoms with Crippen molar-refractivity contribution in [3.8, 4) is 0 Å². The summed E-state index contributed by atoms with van der Waals surface area (Å²) >= 11 is 0. The van der Waals surface area contributed by atoms with E-state index < -0.39 is 31.5 Å². The number of nitro benzene ring substituents is 1. The first kappa shape index (κ1) is 19.0. The van der Waals surface area contributed by atoms with Gasteiger partial charge in [0.25, 0.3) is 5.69 Å². The highest BCUT2D eigenvalue weighted by Crippen LogP contribution is 2.28. The van der Waals surface area contributed by atoms with Crippen molar-refractivity contribution in [1.82, 2.24) is 4.31 Å². The van der Waals surface area contributed by atoms with Crippen LogP contribution in [0.2, 0.25) is 0 Å². The third kappa shape index (κ3) is 4.26. The van der Waals surface area contributed by atoms with Gasteiger partial charge in [0.1, 0.15) is 0 Å². The van der Waals surface area contributed by atoms with Crippen molar-refractivity contribution in [3.63, 3.8) is 0 Å². The molecule has 0 aliphatic heterocycles. The fourth-order valence-electron chi connectivity index (χ4n) is 2.11. The van der Waals surface area contributed by atoms with Crippen LogP contribution in [0.15, 0.2) is 23.1 Å². The second kappa shape index (κ2) is 8.02. The first-order valence-corrected chi connectivity index (χ1v) is 8.60. The van der Waals surface area contributed by atoms with E-state index in [0.717, 1.165) is 19.2 Å². The standard InChI is InChI=1S/C14H20N2O6S/c1-4-8-15(9-5-2)23(20,21)13-7-6-11(14(17)22-3)10-12(13)16(18)19/h6-7,10H,4-5,8-9H2,1-3H3. The molecule has 0 aliphatic carbocycles. The molecule has 0 radical (unpaired) electrons. The van der Waals surface area contributed by atoms with E-state index in [9.17, 15) is 23.3 Å². The monoisotopic (exact) mass is 344 g/mol. The zero-order valence-electron chi connectivity index (χ0n) is 13.3. The van der Waals surface area contributed by atoms with Gasteiger partial charge in [-0.15, -0.1) is 0 Å². The molecule has 0 saturated carbocycles. The molecule has 0 bridgehead atoms. The number of rotatable bonds is 8. The third-order valence-electron chi connectivity index (χ3n) is 3.14. The number of hydrogen-bond donors (Lipinski definition) is 0. The van der Waals surface area contributed by atoms with Gasteiger partial charge < -0.3 is 4.74 Å². The van der Waals surface area contributed by atoms with Gasteiger partial charge in [0.05, 0.1) is 17.6 Å². The van der Waals surface area contributed by atoms with Gasteiger partial charge in [-0.25, -0.2) is 13.2 Å². The second-order valence-corrected chi connectivity index (χ2v) is 6.74. The molecule has 1 rings (SSSR count). The normalized spacial score (nSPS) is 11.5. The first-order valence-electron chi connectivity index (χ1n) is 7.16. The molecule has 0 unspecified atom stereocenters. The van der Waals surface area contributed by atoms with E-state index in [4.69, 9.17) is 0 Å².